The molecule has 0 bridgehead atoms. The standard InChI is InChI=1S/C14H28N2O2.ClH/c1-6-7-8-18-12(4)13(17)16-14(5,10-15)9-11(2)3;/h6,11-12H,1,7-10,15H2,2-5H3,(H,16,17);1H. The molecule has 0 aliphatic carbocycles. The van der Waals surface area contributed by atoms with Gasteiger partial charge >= 0.3 is 0 Å². The molecule has 19 heavy (non-hydrogen) atoms. The van der Waals surface area contributed by atoms with Crippen molar-refractivity contribution in [3.63, 3.8) is 0 Å². The average molecular weight is 293 g/mol. The van der Waals surface area contributed by atoms with Crippen LogP contribution in [0.25, 0.3) is 0 Å². The molecule has 1 amide bonds. The van der Waals surface area contributed by atoms with Crippen LogP contribution >= 0.6 is 12.4 Å². The summed E-state index contributed by atoms with van der Waals surface area (Å²) in [7, 11) is 0. The number of nitrogens with one attached hydrogen (secondary N) is 1. The van der Waals surface area contributed by atoms with Crippen LogP contribution in [0.3, 0.4) is 0 Å². The van der Waals surface area contributed by atoms with E-state index in [-0.39, 0.29) is 23.9 Å². The van der Waals surface area contributed by atoms with Crippen molar-refractivity contribution in [2.24, 2.45) is 11.7 Å². The maximum Gasteiger partial charge on any atom is 0.249 e. The van der Waals surface area contributed by atoms with Crippen molar-refractivity contribution in [2.45, 2.75) is 52.2 Å². The Morgan fingerprint density at radius 3 is 2.47 bits per heavy atom. The second-order valence-corrected chi connectivity index (χ2v) is 5.44. The molecule has 0 aliphatic heterocycles. The Labute approximate surface area is 123 Å². The molecule has 0 aliphatic rings. The number of carbonyl (C=O) groups excluding carboxylic acids is 1. The topological polar surface area (TPSA) is 64.3 Å². The number of amides is 1. The van der Waals surface area contributed by atoms with Crippen LogP contribution in [0.5, 0.6) is 0 Å². The van der Waals surface area contributed by atoms with Crippen LogP contribution in [0.15, 0.2) is 12.7 Å². The van der Waals surface area contributed by atoms with Crippen molar-refractivity contribution in [3.8, 4) is 0 Å². The summed E-state index contributed by atoms with van der Waals surface area (Å²) >= 11 is 0. The van der Waals surface area contributed by atoms with Crippen molar-refractivity contribution in [1.29, 1.82) is 0 Å². The second kappa shape index (κ2) is 10.2. The number of hydrogen-bond acceptors (Lipinski definition) is 3. The van der Waals surface area contributed by atoms with Gasteiger partial charge in [0.15, 0.2) is 0 Å². The van der Waals surface area contributed by atoms with E-state index in [1.807, 2.05) is 6.92 Å². The molecular weight excluding hydrogens is 264 g/mol. The summed E-state index contributed by atoms with van der Waals surface area (Å²) in [6.07, 6.45) is 2.92. The SMILES string of the molecule is C=CCCOC(C)C(=O)NC(C)(CN)CC(C)C.Cl. The third-order valence-electron chi connectivity index (χ3n) is 2.79. The summed E-state index contributed by atoms with van der Waals surface area (Å²) in [6.45, 7) is 12.5. The Bertz CT molecular complexity index is 272. The highest BCUT2D eigenvalue weighted by molar-refractivity contribution is 5.85. The van der Waals surface area contributed by atoms with E-state index in [2.05, 4.69) is 25.7 Å². The zero-order valence-electron chi connectivity index (χ0n) is 12.6. The van der Waals surface area contributed by atoms with E-state index in [1.165, 1.54) is 0 Å². The molecule has 0 saturated heterocycles. The lowest BCUT2D eigenvalue weighted by Gasteiger charge is -2.32. The lowest BCUT2D eigenvalue weighted by atomic mass is 9.90. The first-order valence-corrected chi connectivity index (χ1v) is 6.59. The number of carbonyl (C=O) groups is 1. The van der Waals surface area contributed by atoms with Gasteiger partial charge in [0.2, 0.25) is 5.91 Å². The fourth-order valence-corrected chi connectivity index (χ4v) is 1.89. The lowest BCUT2D eigenvalue weighted by Crippen LogP contribution is -2.54. The maximum atomic E-state index is 12.0. The number of hydrogen-bond donors (Lipinski definition) is 2. The summed E-state index contributed by atoms with van der Waals surface area (Å²) in [5, 5.41) is 2.99. The molecule has 5 heteroatoms. The zero-order chi connectivity index (χ0) is 14.2. The lowest BCUT2D eigenvalue weighted by molar-refractivity contribution is -0.133. The summed E-state index contributed by atoms with van der Waals surface area (Å²) in [5.74, 6) is 0.378. The van der Waals surface area contributed by atoms with Gasteiger partial charge in [-0.15, -0.1) is 19.0 Å². The van der Waals surface area contributed by atoms with Crippen molar-refractivity contribution < 1.29 is 9.53 Å². The zero-order valence-corrected chi connectivity index (χ0v) is 13.4. The van der Waals surface area contributed by atoms with Gasteiger partial charge in [0.05, 0.1) is 6.61 Å². The maximum absolute atomic E-state index is 12.0. The number of halogens is 1. The smallest absolute Gasteiger partial charge is 0.249 e. The molecule has 0 fully saturated rings. The minimum Gasteiger partial charge on any atom is -0.368 e. The first kappa shape index (κ1) is 20.7. The van der Waals surface area contributed by atoms with E-state index in [9.17, 15) is 4.79 Å². The Balaban J connectivity index is 0. The molecule has 2 unspecified atom stereocenters. The van der Waals surface area contributed by atoms with Crippen LogP contribution in [-0.4, -0.2) is 30.7 Å². The van der Waals surface area contributed by atoms with Gasteiger partial charge in [-0.1, -0.05) is 19.9 Å². The summed E-state index contributed by atoms with van der Waals surface area (Å²) in [6, 6.07) is 0. The van der Waals surface area contributed by atoms with Gasteiger partial charge in [0, 0.05) is 12.1 Å². The molecule has 0 spiro atoms. The highest BCUT2D eigenvalue weighted by Crippen LogP contribution is 2.15. The van der Waals surface area contributed by atoms with E-state index >= 15 is 0 Å². The van der Waals surface area contributed by atoms with Gasteiger partial charge in [-0.3, -0.25) is 4.79 Å². The Kier molecular flexibility index (Phi) is 11.2. The van der Waals surface area contributed by atoms with E-state index < -0.39 is 6.10 Å². The number of ether oxygens (including phenoxy) is 1. The molecule has 2 atom stereocenters. The highest BCUT2D eigenvalue weighted by Gasteiger charge is 2.27. The van der Waals surface area contributed by atoms with E-state index in [4.69, 9.17) is 10.5 Å². The van der Waals surface area contributed by atoms with Crippen molar-refractivity contribution in [3.05, 3.63) is 12.7 Å². The largest absolute Gasteiger partial charge is 0.368 e. The third-order valence-corrected chi connectivity index (χ3v) is 2.79. The normalized spacial score (nSPS) is 15.3. The van der Waals surface area contributed by atoms with Gasteiger partial charge in [-0.25, -0.2) is 0 Å². The average Bonchev–Trinajstić information content (AvgIpc) is 2.28. The van der Waals surface area contributed by atoms with Crippen LogP contribution in [0.4, 0.5) is 0 Å². The van der Waals surface area contributed by atoms with Crippen molar-refractivity contribution in [1.82, 2.24) is 5.32 Å². The van der Waals surface area contributed by atoms with E-state index in [0.29, 0.717) is 19.1 Å². The fourth-order valence-electron chi connectivity index (χ4n) is 1.89. The highest BCUT2D eigenvalue weighted by atomic mass is 35.5. The molecule has 4 nitrogen and oxygen atoms in total. The Morgan fingerprint density at radius 1 is 1.47 bits per heavy atom. The Hall–Kier alpha value is -0.580. The van der Waals surface area contributed by atoms with Crippen LogP contribution in [-0.2, 0) is 9.53 Å². The van der Waals surface area contributed by atoms with Gasteiger partial charge in [-0.2, -0.15) is 0 Å². The first-order valence-electron chi connectivity index (χ1n) is 6.59. The van der Waals surface area contributed by atoms with Crippen LogP contribution in [0, 0.1) is 5.92 Å². The third kappa shape index (κ3) is 9.03. The van der Waals surface area contributed by atoms with Crippen molar-refractivity contribution >= 4 is 18.3 Å². The quantitative estimate of drug-likeness (QED) is 0.506. The molecule has 3 N–H and O–H groups in total. The monoisotopic (exact) mass is 292 g/mol. The summed E-state index contributed by atoms with van der Waals surface area (Å²) in [4.78, 5) is 12.0. The molecule has 0 rings (SSSR count). The molecular formula is C14H29ClN2O2. The molecule has 0 saturated carbocycles. The second-order valence-electron chi connectivity index (χ2n) is 5.44. The predicted octanol–water partition coefficient (Wildman–Crippen LogP) is 2.27. The molecule has 0 aromatic heterocycles. The predicted molar refractivity (Wildman–Crippen MR) is 82.5 cm³/mol. The first-order chi connectivity index (χ1) is 8.34. The van der Waals surface area contributed by atoms with Gasteiger partial charge in [-0.05, 0) is 32.6 Å². The van der Waals surface area contributed by atoms with Gasteiger partial charge < -0.3 is 15.8 Å². The van der Waals surface area contributed by atoms with Gasteiger partial charge in [0.1, 0.15) is 6.10 Å². The number of rotatable bonds is 9. The fraction of sp³-hybridized carbons (Fsp3) is 0.786. The Morgan fingerprint density at radius 2 is 2.05 bits per heavy atom. The molecule has 0 radical (unpaired) electrons. The van der Waals surface area contributed by atoms with Crippen molar-refractivity contribution in [2.75, 3.05) is 13.2 Å². The van der Waals surface area contributed by atoms with Gasteiger partial charge in [0.25, 0.3) is 0 Å². The van der Waals surface area contributed by atoms with E-state index in [0.717, 1.165) is 12.8 Å². The molecule has 0 aromatic rings. The molecule has 0 aromatic carbocycles. The minimum atomic E-state index is -0.456. The number of nitrogens with two attached hydrogens (primary N) is 1. The van der Waals surface area contributed by atoms with Crippen LogP contribution in [0.1, 0.15) is 40.5 Å². The molecule has 114 valence electrons. The summed E-state index contributed by atoms with van der Waals surface area (Å²) in [5.41, 5.74) is 5.40. The molecule has 0 heterocycles. The van der Waals surface area contributed by atoms with E-state index in [1.54, 1.807) is 13.0 Å². The van der Waals surface area contributed by atoms with Crippen LogP contribution < -0.4 is 11.1 Å². The summed E-state index contributed by atoms with van der Waals surface area (Å²) < 4.78 is 5.42. The minimum absolute atomic E-state index is 0. The van der Waals surface area contributed by atoms with Crippen LogP contribution in [0.2, 0.25) is 0 Å².